The smallest absolute Gasteiger partial charge is 0.266 e. The molecule has 0 atom stereocenters. The van der Waals surface area contributed by atoms with E-state index in [0.29, 0.717) is 22.7 Å². The number of aromatic nitrogens is 1. The van der Waals surface area contributed by atoms with Gasteiger partial charge in [-0.1, -0.05) is 31.4 Å². The molecule has 2 aromatic carbocycles. The fraction of sp³-hybridized carbons (Fsp3) is 0.286. The Balaban J connectivity index is 1.52. The first-order valence-corrected chi connectivity index (χ1v) is 9.92. The number of imide groups is 1. The molecule has 0 unspecified atom stereocenters. The second kappa shape index (κ2) is 6.02. The van der Waals surface area contributed by atoms with Crippen LogP contribution in [0.2, 0.25) is 0 Å². The Bertz CT molecular complexity index is 998. The van der Waals surface area contributed by atoms with Gasteiger partial charge in [-0.25, -0.2) is 9.88 Å². The summed E-state index contributed by atoms with van der Waals surface area (Å²) in [7, 11) is 0. The molecule has 1 aromatic heterocycles. The molecule has 0 radical (unpaired) electrons. The number of carbonyl (C=O) groups is 2. The van der Waals surface area contributed by atoms with Crippen LogP contribution in [-0.4, -0.2) is 16.8 Å². The fourth-order valence-corrected chi connectivity index (χ4v) is 5.19. The number of thiazole rings is 1. The van der Waals surface area contributed by atoms with E-state index in [1.165, 1.54) is 42.0 Å². The van der Waals surface area contributed by atoms with Crippen molar-refractivity contribution in [2.75, 3.05) is 4.90 Å². The van der Waals surface area contributed by atoms with E-state index < -0.39 is 0 Å². The number of fused-ring (bicyclic) bond motifs is 2. The number of hydrogen-bond donors (Lipinski definition) is 0. The molecule has 130 valence electrons. The molecule has 1 aliphatic carbocycles. The van der Waals surface area contributed by atoms with Crippen LogP contribution in [0.3, 0.4) is 0 Å². The van der Waals surface area contributed by atoms with E-state index in [4.69, 9.17) is 4.98 Å². The molecule has 0 saturated heterocycles. The molecule has 0 spiro atoms. The van der Waals surface area contributed by atoms with Crippen molar-refractivity contribution in [1.82, 2.24) is 4.98 Å². The van der Waals surface area contributed by atoms with Crippen molar-refractivity contribution < 1.29 is 9.59 Å². The van der Waals surface area contributed by atoms with Gasteiger partial charge in [0.15, 0.2) is 0 Å². The second-order valence-electron chi connectivity index (χ2n) is 7.03. The Kier molecular flexibility index (Phi) is 3.64. The molecule has 5 rings (SSSR count). The van der Waals surface area contributed by atoms with Gasteiger partial charge in [0.1, 0.15) is 0 Å². The quantitative estimate of drug-likeness (QED) is 0.593. The van der Waals surface area contributed by atoms with E-state index in [2.05, 4.69) is 0 Å². The highest BCUT2D eigenvalue weighted by Gasteiger charge is 2.36. The summed E-state index contributed by atoms with van der Waals surface area (Å²) in [5, 5.41) is 1.19. The lowest BCUT2D eigenvalue weighted by Crippen LogP contribution is -2.29. The lowest BCUT2D eigenvalue weighted by molar-refractivity contribution is 0.0926. The van der Waals surface area contributed by atoms with Gasteiger partial charge in [0, 0.05) is 5.92 Å². The maximum atomic E-state index is 12.7. The number of hydrogen-bond acceptors (Lipinski definition) is 4. The van der Waals surface area contributed by atoms with Crippen LogP contribution in [0, 0.1) is 0 Å². The van der Waals surface area contributed by atoms with Crippen LogP contribution in [0.25, 0.3) is 10.2 Å². The molecule has 0 N–H and O–H groups in total. The van der Waals surface area contributed by atoms with Gasteiger partial charge in [-0.2, -0.15) is 0 Å². The summed E-state index contributed by atoms with van der Waals surface area (Å²) in [6.07, 6.45) is 6.31. The Morgan fingerprint density at radius 2 is 1.62 bits per heavy atom. The molecule has 2 heterocycles. The Hall–Kier alpha value is -2.53. The number of benzene rings is 2. The molecule has 0 bridgehead atoms. The molecule has 2 aliphatic rings. The zero-order valence-corrected chi connectivity index (χ0v) is 15.1. The van der Waals surface area contributed by atoms with Gasteiger partial charge < -0.3 is 0 Å². The number of amides is 2. The van der Waals surface area contributed by atoms with Gasteiger partial charge in [-0.3, -0.25) is 9.59 Å². The van der Waals surface area contributed by atoms with Crippen LogP contribution in [0.1, 0.15) is 63.7 Å². The van der Waals surface area contributed by atoms with Crippen LogP contribution in [0.4, 0.5) is 5.69 Å². The number of nitrogens with zero attached hydrogens (tertiary/aromatic N) is 2. The number of carbonyl (C=O) groups excluding carboxylic acids is 2. The summed E-state index contributed by atoms with van der Waals surface area (Å²) in [5.41, 5.74) is 2.54. The van der Waals surface area contributed by atoms with Crippen molar-refractivity contribution in [3.8, 4) is 0 Å². The minimum absolute atomic E-state index is 0.248. The highest BCUT2D eigenvalue weighted by molar-refractivity contribution is 7.18. The van der Waals surface area contributed by atoms with Gasteiger partial charge in [0.05, 0.1) is 32.0 Å². The van der Waals surface area contributed by atoms with Gasteiger partial charge in [0.25, 0.3) is 11.8 Å². The van der Waals surface area contributed by atoms with Gasteiger partial charge in [-0.15, -0.1) is 11.3 Å². The third-order valence-electron chi connectivity index (χ3n) is 5.40. The predicted octanol–water partition coefficient (Wildman–Crippen LogP) is 5.14. The van der Waals surface area contributed by atoms with Gasteiger partial charge in [-0.05, 0) is 43.2 Å². The van der Waals surface area contributed by atoms with Crippen LogP contribution in [0.15, 0.2) is 42.5 Å². The third kappa shape index (κ3) is 2.38. The summed E-state index contributed by atoms with van der Waals surface area (Å²) in [4.78, 5) is 31.5. The minimum atomic E-state index is -0.248. The largest absolute Gasteiger partial charge is 0.268 e. The summed E-state index contributed by atoms with van der Waals surface area (Å²) in [6.45, 7) is 0. The number of rotatable bonds is 2. The van der Waals surface area contributed by atoms with Crippen LogP contribution >= 0.6 is 11.3 Å². The lowest BCUT2D eigenvalue weighted by atomic mass is 9.90. The maximum absolute atomic E-state index is 12.7. The first-order chi connectivity index (χ1) is 12.7. The zero-order chi connectivity index (χ0) is 17.7. The van der Waals surface area contributed by atoms with E-state index in [-0.39, 0.29) is 11.8 Å². The van der Waals surface area contributed by atoms with Crippen molar-refractivity contribution in [2.45, 2.75) is 38.0 Å². The van der Waals surface area contributed by atoms with Crippen molar-refractivity contribution >= 4 is 39.1 Å². The highest BCUT2D eigenvalue weighted by atomic mass is 32.1. The molecule has 5 heteroatoms. The van der Waals surface area contributed by atoms with E-state index in [0.717, 1.165) is 10.2 Å². The molecule has 1 aliphatic heterocycles. The summed E-state index contributed by atoms with van der Waals surface area (Å²) >= 11 is 1.70. The van der Waals surface area contributed by atoms with Gasteiger partial charge in [0.2, 0.25) is 0 Å². The van der Waals surface area contributed by atoms with Crippen LogP contribution in [-0.2, 0) is 0 Å². The van der Waals surface area contributed by atoms with Crippen molar-refractivity contribution in [1.29, 1.82) is 0 Å². The molecule has 3 aromatic rings. The molecular weight excluding hydrogens is 344 g/mol. The standard InChI is InChI=1S/C21H18N2O2S/c24-20-15-8-4-5-9-16(15)21(25)23(20)14-10-11-17-18(12-14)26-19(22-17)13-6-2-1-3-7-13/h4-5,8-13H,1-3,6-7H2. The Labute approximate surface area is 155 Å². The SMILES string of the molecule is O=C1c2ccccc2C(=O)N1c1ccc2nc(C3CCCCC3)sc2c1. The van der Waals surface area contributed by atoms with Crippen molar-refractivity contribution in [3.63, 3.8) is 0 Å². The highest BCUT2D eigenvalue weighted by Crippen LogP contribution is 2.38. The van der Waals surface area contributed by atoms with Crippen molar-refractivity contribution in [3.05, 3.63) is 58.6 Å². The zero-order valence-electron chi connectivity index (χ0n) is 14.3. The Morgan fingerprint density at radius 1 is 0.923 bits per heavy atom. The molecule has 1 saturated carbocycles. The van der Waals surface area contributed by atoms with E-state index >= 15 is 0 Å². The average molecular weight is 362 g/mol. The Morgan fingerprint density at radius 3 is 2.31 bits per heavy atom. The second-order valence-corrected chi connectivity index (χ2v) is 8.09. The predicted molar refractivity (Wildman–Crippen MR) is 103 cm³/mol. The van der Waals surface area contributed by atoms with E-state index in [9.17, 15) is 9.59 Å². The summed E-state index contributed by atoms with van der Waals surface area (Å²) in [6, 6.07) is 12.7. The first kappa shape index (κ1) is 15.7. The molecule has 26 heavy (non-hydrogen) atoms. The normalized spacial score (nSPS) is 17.9. The molecule has 1 fully saturated rings. The van der Waals surface area contributed by atoms with Gasteiger partial charge >= 0.3 is 0 Å². The maximum Gasteiger partial charge on any atom is 0.266 e. The van der Waals surface area contributed by atoms with Crippen LogP contribution in [0.5, 0.6) is 0 Å². The molecule has 4 nitrogen and oxygen atoms in total. The minimum Gasteiger partial charge on any atom is -0.268 e. The average Bonchev–Trinajstić information content (AvgIpc) is 3.22. The van der Waals surface area contributed by atoms with E-state index in [1.807, 2.05) is 18.2 Å². The first-order valence-electron chi connectivity index (χ1n) is 9.11. The summed E-state index contributed by atoms with van der Waals surface area (Å²) in [5.74, 6) is 0.0628. The lowest BCUT2D eigenvalue weighted by Gasteiger charge is -2.18. The van der Waals surface area contributed by atoms with E-state index in [1.54, 1.807) is 35.6 Å². The third-order valence-corrected chi connectivity index (χ3v) is 6.58. The summed E-state index contributed by atoms with van der Waals surface area (Å²) < 4.78 is 1.04. The number of anilines is 1. The molecule has 2 amide bonds. The van der Waals surface area contributed by atoms with Crippen LogP contribution < -0.4 is 4.90 Å². The van der Waals surface area contributed by atoms with Crippen molar-refractivity contribution in [2.24, 2.45) is 0 Å². The molecular formula is C21H18N2O2S. The fourth-order valence-electron chi connectivity index (χ4n) is 4.02. The topological polar surface area (TPSA) is 50.3 Å². The monoisotopic (exact) mass is 362 g/mol.